The Kier molecular flexibility index (Phi) is 7.66. The first-order valence-electron chi connectivity index (χ1n) is 11.4. The van der Waals surface area contributed by atoms with Gasteiger partial charge in [0.25, 0.3) is 0 Å². The molecule has 29 heavy (non-hydrogen) atoms. The third-order valence-corrected chi connectivity index (χ3v) is 9.06. The van der Waals surface area contributed by atoms with Gasteiger partial charge in [-0.25, -0.2) is 8.42 Å². The van der Waals surface area contributed by atoms with E-state index in [0.717, 1.165) is 38.3 Å². The van der Waals surface area contributed by atoms with Crippen molar-refractivity contribution in [3.05, 3.63) is 29.8 Å². The van der Waals surface area contributed by atoms with Gasteiger partial charge < -0.3 is 9.64 Å². The monoisotopic (exact) mass is 421 g/mol. The summed E-state index contributed by atoms with van der Waals surface area (Å²) in [5, 5.41) is -0.245. The number of benzene rings is 1. The molecule has 1 aliphatic carbocycles. The van der Waals surface area contributed by atoms with E-state index < -0.39 is 9.84 Å². The Hall–Kier alpha value is -1.07. The molecule has 1 unspecified atom stereocenters. The number of rotatable bonds is 7. The van der Waals surface area contributed by atoms with Crippen LogP contribution in [0.1, 0.15) is 65.4 Å². The van der Waals surface area contributed by atoms with Gasteiger partial charge in [-0.05, 0) is 82.9 Å². The van der Waals surface area contributed by atoms with Crippen LogP contribution < -0.4 is 4.90 Å². The Morgan fingerprint density at radius 1 is 1.03 bits per heavy atom. The van der Waals surface area contributed by atoms with Crippen LogP contribution in [0, 0.1) is 11.8 Å². The number of hydrogen-bond acceptors (Lipinski definition) is 4. The summed E-state index contributed by atoms with van der Waals surface area (Å²) in [5.41, 5.74) is 2.73. The molecule has 1 heterocycles. The average molecular weight is 422 g/mol. The molecular weight excluding hydrogens is 382 g/mol. The minimum atomic E-state index is -2.91. The van der Waals surface area contributed by atoms with Crippen LogP contribution in [0.25, 0.3) is 0 Å². The Labute approximate surface area is 177 Å². The van der Waals surface area contributed by atoms with Crippen molar-refractivity contribution in [1.82, 2.24) is 0 Å². The number of nitrogens with zero attached hydrogens (tertiary/aromatic N) is 1. The number of aryl methyl sites for hydroxylation is 1. The maximum atomic E-state index is 12.2. The average Bonchev–Trinajstić information content (AvgIpc) is 2.66. The van der Waals surface area contributed by atoms with Gasteiger partial charge in [-0.2, -0.15) is 0 Å². The number of morpholine rings is 1. The van der Waals surface area contributed by atoms with Crippen molar-refractivity contribution in [2.24, 2.45) is 11.8 Å². The van der Waals surface area contributed by atoms with Gasteiger partial charge >= 0.3 is 0 Å². The minimum absolute atomic E-state index is 0.245. The Balaban J connectivity index is 1.48. The zero-order chi connectivity index (χ0) is 21.0. The summed E-state index contributed by atoms with van der Waals surface area (Å²) in [6.45, 7) is 9.80. The van der Waals surface area contributed by atoms with E-state index in [1.54, 1.807) is 13.8 Å². The highest BCUT2D eigenvalue weighted by atomic mass is 32.2. The van der Waals surface area contributed by atoms with Crippen molar-refractivity contribution in [3.63, 3.8) is 0 Å². The SMILES string of the molecule is CC1CN(c2cccc(CCC3CCC(CS(=O)(=O)C(C)C)CC3)c2)C[C@H](C)O1. The molecule has 0 radical (unpaired) electrons. The zero-order valence-corrected chi connectivity index (χ0v) is 19.5. The quantitative estimate of drug-likeness (QED) is 0.631. The molecule has 1 aliphatic heterocycles. The second-order valence-corrected chi connectivity index (χ2v) is 12.2. The third kappa shape index (κ3) is 6.45. The summed E-state index contributed by atoms with van der Waals surface area (Å²) in [6, 6.07) is 9.00. The Morgan fingerprint density at radius 2 is 1.66 bits per heavy atom. The van der Waals surface area contributed by atoms with Crippen LogP contribution in [0.4, 0.5) is 5.69 Å². The first-order valence-corrected chi connectivity index (χ1v) is 13.2. The van der Waals surface area contributed by atoms with E-state index >= 15 is 0 Å². The number of sulfone groups is 1. The van der Waals surface area contributed by atoms with Crippen LogP contribution >= 0.6 is 0 Å². The lowest BCUT2D eigenvalue weighted by molar-refractivity contribution is -0.00522. The van der Waals surface area contributed by atoms with E-state index in [0.29, 0.717) is 11.7 Å². The molecule has 0 bridgehead atoms. The zero-order valence-electron chi connectivity index (χ0n) is 18.6. The van der Waals surface area contributed by atoms with Gasteiger partial charge in [0, 0.05) is 18.8 Å². The molecule has 0 aromatic heterocycles. The summed E-state index contributed by atoms with van der Waals surface area (Å²) in [5.74, 6) is 1.49. The summed E-state index contributed by atoms with van der Waals surface area (Å²) < 4.78 is 30.2. The minimum Gasteiger partial charge on any atom is -0.372 e. The lowest BCUT2D eigenvalue weighted by atomic mass is 9.80. The molecule has 0 amide bonds. The fourth-order valence-corrected chi connectivity index (χ4v) is 6.25. The summed E-state index contributed by atoms with van der Waals surface area (Å²) in [7, 11) is -2.91. The lowest BCUT2D eigenvalue weighted by Gasteiger charge is -2.37. The standard InChI is InChI=1S/C24H39NO3S/c1-18(2)29(26,27)17-23-12-9-21(10-13-23)8-11-22-6-5-7-24(14-22)25-15-19(3)28-20(4)16-25/h5-7,14,18-21,23H,8-13,15-17H2,1-4H3/t19-,20?,21?,23?/m0/s1. The maximum absolute atomic E-state index is 12.2. The van der Waals surface area contributed by atoms with Crippen molar-refractivity contribution in [3.8, 4) is 0 Å². The van der Waals surface area contributed by atoms with Crippen molar-refractivity contribution in [2.75, 3.05) is 23.7 Å². The van der Waals surface area contributed by atoms with Crippen LogP contribution in [0.5, 0.6) is 0 Å². The second-order valence-electron chi connectivity index (χ2n) is 9.64. The van der Waals surface area contributed by atoms with Crippen molar-refractivity contribution in [1.29, 1.82) is 0 Å². The van der Waals surface area contributed by atoms with Crippen LogP contribution in [0.2, 0.25) is 0 Å². The summed E-state index contributed by atoms with van der Waals surface area (Å²) >= 11 is 0. The first kappa shape index (κ1) is 22.6. The molecule has 2 fully saturated rings. The number of ether oxygens (including phenoxy) is 1. The van der Waals surface area contributed by atoms with E-state index in [2.05, 4.69) is 43.0 Å². The molecule has 4 nitrogen and oxygen atoms in total. The molecule has 2 aliphatic rings. The van der Waals surface area contributed by atoms with Gasteiger partial charge in [0.2, 0.25) is 0 Å². The van der Waals surface area contributed by atoms with Crippen molar-refractivity contribution < 1.29 is 13.2 Å². The van der Waals surface area contributed by atoms with Crippen molar-refractivity contribution in [2.45, 2.75) is 83.7 Å². The molecule has 0 N–H and O–H groups in total. The highest BCUT2D eigenvalue weighted by Gasteiger charge is 2.27. The highest BCUT2D eigenvalue weighted by molar-refractivity contribution is 7.91. The molecule has 3 rings (SSSR count). The van der Waals surface area contributed by atoms with E-state index in [1.807, 2.05) is 0 Å². The van der Waals surface area contributed by atoms with Gasteiger partial charge in [-0.1, -0.05) is 25.0 Å². The molecule has 1 saturated heterocycles. The summed E-state index contributed by atoms with van der Waals surface area (Å²) in [4.78, 5) is 2.45. The van der Waals surface area contributed by atoms with Gasteiger partial charge in [0.1, 0.15) is 0 Å². The van der Waals surface area contributed by atoms with Crippen molar-refractivity contribution >= 4 is 15.5 Å². The number of anilines is 1. The van der Waals surface area contributed by atoms with Gasteiger partial charge in [0.15, 0.2) is 9.84 Å². The van der Waals surface area contributed by atoms with E-state index in [1.165, 1.54) is 30.5 Å². The Morgan fingerprint density at radius 3 is 2.28 bits per heavy atom. The van der Waals surface area contributed by atoms with Crippen LogP contribution in [0.15, 0.2) is 24.3 Å². The fourth-order valence-electron chi connectivity index (χ4n) is 4.88. The molecule has 5 heteroatoms. The largest absolute Gasteiger partial charge is 0.372 e. The predicted octanol–water partition coefficient (Wildman–Crippen LogP) is 4.86. The maximum Gasteiger partial charge on any atom is 0.152 e. The topological polar surface area (TPSA) is 46.6 Å². The fraction of sp³-hybridized carbons (Fsp3) is 0.750. The third-order valence-electron chi connectivity index (χ3n) is 6.69. The lowest BCUT2D eigenvalue weighted by Crippen LogP contribution is -2.45. The summed E-state index contributed by atoms with van der Waals surface area (Å²) in [6.07, 6.45) is 7.37. The van der Waals surface area contributed by atoms with E-state index in [4.69, 9.17) is 4.74 Å². The van der Waals surface area contributed by atoms with Gasteiger partial charge in [0.05, 0.1) is 23.2 Å². The van der Waals surface area contributed by atoms with Gasteiger partial charge in [-0.3, -0.25) is 0 Å². The molecule has 1 saturated carbocycles. The highest BCUT2D eigenvalue weighted by Crippen LogP contribution is 2.33. The van der Waals surface area contributed by atoms with Crippen LogP contribution in [0.3, 0.4) is 0 Å². The first-order chi connectivity index (χ1) is 13.7. The van der Waals surface area contributed by atoms with Crippen LogP contribution in [-0.4, -0.2) is 44.7 Å². The number of hydrogen-bond donors (Lipinski definition) is 0. The second kappa shape index (κ2) is 9.82. The molecule has 0 spiro atoms. The van der Waals surface area contributed by atoms with E-state index in [9.17, 15) is 8.42 Å². The van der Waals surface area contributed by atoms with Gasteiger partial charge in [-0.15, -0.1) is 0 Å². The van der Waals surface area contributed by atoms with Crippen LogP contribution in [-0.2, 0) is 21.0 Å². The molecule has 164 valence electrons. The molecule has 1 aromatic rings. The molecular formula is C24H39NO3S. The smallest absolute Gasteiger partial charge is 0.152 e. The van der Waals surface area contributed by atoms with E-state index in [-0.39, 0.29) is 17.5 Å². The normalized spacial score (nSPS) is 28.7. The Bertz CT molecular complexity index is 743. The molecule has 2 atom stereocenters. The predicted molar refractivity (Wildman–Crippen MR) is 121 cm³/mol. The molecule has 1 aromatic carbocycles.